The normalized spacial score (nSPS) is 33.9. The Hall–Kier alpha value is -0.880. The Kier molecular flexibility index (Phi) is 3.39. The van der Waals surface area contributed by atoms with Crippen molar-refractivity contribution in [2.75, 3.05) is 19.8 Å². The molecule has 2 fully saturated rings. The zero-order valence-electron chi connectivity index (χ0n) is 10.4. The summed E-state index contributed by atoms with van der Waals surface area (Å²) in [4.78, 5) is 0. The molecule has 3 unspecified atom stereocenters. The van der Waals surface area contributed by atoms with Gasteiger partial charge in [0.15, 0.2) is 0 Å². The Morgan fingerprint density at radius 1 is 1.44 bits per heavy atom. The van der Waals surface area contributed by atoms with Crippen molar-refractivity contribution >= 4 is 0 Å². The molecule has 0 saturated carbocycles. The first-order valence-corrected chi connectivity index (χ1v) is 6.53. The summed E-state index contributed by atoms with van der Waals surface area (Å²) >= 11 is 0. The number of hydrogen-bond donors (Lipinski definition) is 2. The van der Waals surface area contributed by atoms with Gasteiger partial charge in [0.1, 0.15) is 0 Å². The molecule has 3 rings (SSSR count). The molecule has 3 heterocycles. The molecule has 3 atom stereocenters. The Labute approximate surface area is 107 Å². The minimum absolute atomic E-state index is 0.0816. The van der Waals surface area contributed by atoms with Crippen molar-refractivity contribution in [1.29, 1.82) is 0 Å². The topological polar surface area (TPSA) is 69.7 Å². The Morgan fingerprint density at radius 3 is 3.06 bits per heavy atom. The van der Waals surface area contributed by atoms with Crippen LogP contribution in [0.1, 0.15) is 30.9 Å². The highest BCUT2D eigenvalue weighted by atomic mass is 16.6. The van der Waals surface area contributed by atoms with Crippen molar-refractivity contribution in [3.63, 3.8) is 0 Å². The lowest BCUT2D eigenvalue weighted by atomic mass is 9.79. The van der Waals surface area contributed by atoms with Gasteiger partial charge >= 0.3 is 0 Å². The molecule has 2 aliphatic heterocycles. The quantitative estimate of drug-likeness (QED) is 0.628. The van der Waals surface area contributed by atoms with E-state index in [1.807, 2.05) is 6.07 Å². The Bertz CT molecular complexity index is 374. The van der Waals surface area contributed by atoms with Crippen LogP contribution in [0.5, 0.6) is 0 Å². The van der Waals surface area contributed by atoms with Crippen LogP contribution < -0.4 is 11.3 Å². The maximum absolute atomic E-state index is 5.95. The molecule has 0 aromatic carbocycles. The van der Waals surface area contributed by atoms with E-state index in [4.69, 9.17) is 19.7 Å². The zero-order chi connectivity index (χ0) is 12.4. The third kappa shape index (κ3) is 2.19. The number of ether oxygens (including phenoxy) is 2. The molecular weight excluding hydrogens is 232 g/mol. The second-order valence-electron chi connectivity index (χ2n) is 5.29. The predicted molar refractivity (Wildman–Crippen MR) is 65.6 cm³/mol. The van der Waals surface area contributed by atoms with Crippen molar-refractivity contribution in [3.05, 3.63) is 24.2 Å². The second-order valence-corrected chi connectivity index (χ2v) is 5.29. The molecule has 0 bridgehead atoms. The first kappa shape index (κ1) is 12.2. The molecule has 1 spiro atoms. The molecule has 3 N–H and O–H groups in total. The number of furan rings is 1. The molecular formula is C13H20N2O3. The molecule has 5 heteroatoms. The van der Waals surface area contributed by atoms with Crippen LogP contribution in [0.2, 0.25) is 0 Å². The SMILES string of the molecule is NNC(c1ccoc1)C1CCOC2(CCOC2)C1. The summed E-state index contributed by atoms with van der Waals surface area (Å²) in [5.74, 6) is 6.18. The summed E-state index contributed by atoms with van der Waals surface area (Å²) in [6.45, 7) is 2.30. The summed E-state index contributed by atoms with van der Waals surface area (Å²) < 4.78 is 16.6. The summed E-state index contributed by atoms with van der Waals surface area (Å²) in [5, 5.41) is 0. The van der Waals surface area contributed by atoms with E-state index in [0.717, 1.165) is 38.0 Å². The van der Waals surface area contributed by atoms with Crippen LogP contribution in [0.4, 0.5) is 0 Å². The summed E-state index contributed by atoms with van der Waals surface area (Å²) in [7, 11) is 0. The van der Waals surface area contributed by atoms with E-state index in [2.05, 4.69) is 5.43 Å². The predicted octanol–water partition coefficient (Wildman–Crippen LogP) is 1.37. The van der Waals surface area contributed by atoms with E-state index in [1.54, 1.807) is 12.5 Å². The first-order chi connectivity index (χ1) is 8.83. The third-order valence-corrected chi connectivity index (χ3v) is 4.15. The van der Waals surface area contributed by atoms with E-state index in [1.165, 1.54) is 0 Å². The average Bonchev–Trinajstić information content (AvgIpc) is 3.03. The summed E-state index contributed by atoms with van der Waals surface area (Å²) in [6, 6.07) is 2.10. The van der Waals surface area contributed by atoms with E-state index >= 15 is 0 Å². The molecule has 0 amide bonds. The summed E-state index contributed by atoms with van der Waals surface area (Å²) in [6.07, 6.45) is 6.45. The van der Waals surface area contributed by atoms with Crippen LogP contribution in [0, 0.1) is 5.92 Å². The van der Waals surface area contributed by atoms with Gasteiger partial charge in [-0.15, -0.1) is 0 Å². The van der Waals surface area contributed by atoms with Gasteiger partial charge in [0.25, 0.3) is 0 Å². The molecule has 0 radical (unpaired) electrons. The maximum atomic E-state index is 5.95. The van der Waals surface area contributed by atoms with Crippen molar-refractivity contribution in [3.8, 4) is 0 Å². The maximum Gasteiger partial charge on any atom is 0.0950 e. The molecule has 5 nitrogen and oxygen atoms in total. The van der Waals surface area contributed by atoms with Crippen LogP contribution in [-0.4, -0.2) is 25.4 Å². The standard InChI is InChI=1S/C13H20N2O3/c14-15-12(11-1-4-16-8-11)10-2-5-18-13(7-10)3-6-17-9-13/h1,4,8,10,12,15H,2-3,5-7,9,14H2. The fraction of sp³-hybridized carbons (Fsp3) is 0.692. The lowest BCUT2D eigenvalue weighted by molar-refractivity contribution is -0.103. The molecule has 18 heavy (non-hydrogen) atoms. The van der Waals surface area contributed by atoms with Gasteiger partial charge in [0.05, 0.1) is 30.8 Å². The van der Waals surface area contributed by atoms with Gasteiger partial charge in [-0.1, -0.05) is 0 Å². The summed E-state index contributed by atoms with van der Waals surface area (Å²) in [5.41, 5.74) is 3.95. The van der Waals surface area contributed by atoms with Gasteiger partial charge in [0.2, 0.25) is 0 Å². The van der Waals surface area contributed by atoms with Crippen molar-refractivity contribution in [2.45, 2.75) is 30.9 Å². The highest BCUT2D eigenvalue weighted by Gasteiger charge is 2.43. The molecule has 100 valence electrons. The number of nitrogens with two attached hydrogens (primary N) is 1. The van der Waals surface area contributed by atoms with Crippen LogP contribution in [0.25, 0.3) is 0 Å². The number of nitrogens with one attached hydrogen (secondary N) is 1. The Morgan fingerprint density at radius 2 is 2.39 bits per heavy atom. The van der Waals surface area contributed by atoms with Crippen LogP contribution in [-0.2, 0) is 9.47 Å². The molecule has 2 aliphatic rings. The molecule has 1 aromatic heterocycles. The number of rotatable bonds is 3. The molecule has 2 saturated heterocycles. The van der Waals surface area contributed by atoms with Gasteiger partial charge in [-0.2, -0.15) is 0 Å². The van der Waals surface area contributed by atoms with Gasteiger partial charge in [-0.05, 0) is 24.8 Å². The fourth-order valence-electron chi connectivity index (χ4n) is 3.17. The van der Waals surface area contributed by atoms with Crippen molar-refractivity contribution < 1.29 is 13.9 Å². The van der Waals surface area contributed by atoms with Gasteiger partial charge in [-0.25, -0.2) is 0 Å². The lowest BCUT2D eigenvalue weighted by Crippen LogP contribution is -2.45. The van der Waals surface area contributed by atoms with Crippen LogP contribution >= 0.6 is 0 Å². The van der Waals surface area contributed by atoms with Crippen LogP contribution in [0.3, 0.4) is 0 Å². The number of hydrazine groups is 1. The third-order valence-electron chi connectivity index (χ3n) is 4.15. The second kappa shape index (κ2) is 5.01. The minimum atomic E-state index is -0.0816. The first-order valence-electron chi connectivity index (χ1n) is 6.53. The minimum Gasteiger partial charge on any atom is -0.472 e. The highest BCUT2D eigenvalue weighted by molar-refractivity contribution is 5.13. The number of hydrogen-bond acceptors (Lipinski definition) is 5. The van der Waals surface area contributed by atoms with E-state index < -0.39 is 0 Å². The van der Waals surface area contributed by atoms with E-state index in [9.17, 15) is 0 Å². The lowest BCUT2D eigenvalue weighted by Gasteiger charge is -2.40. The van der Waals surface area contributed by atoms with Gasteiger partial charge in [0, 0.05) is 25.2 Å². The van der Waals surface area contributed by atoms with Crippen LogP contribution in [0.15, 0.2) is 23.0 Å². The van der Waals surface area contributed by atoms with E-state index in [0.29, 0.717) is 12.5 Å². The van der Waals surface area contributed by atoms with E-state index in [-0.39, 0.29) is 11.6 Å². The smallest absolute Gasteiger partial charge is 0.0950 e. The monoisotopic (exact) mass is 252 g/mol. The molecule has 0 aliphatic carbocycles. The van der Waals surface area contributed by atoms with Crippen molar-refractivity contribution in [1.82, 2.24) is 5.43 Å². The zero-order valence-corrected chi connectivity index (χ0v) is 10.4. The van der Waals surface area contributed by atoms with Gasteiger partial charge < -0.3 is 13.9 Å². The van der Waals surface area contributed by atoms with Crippen molar-refractivity contribution in [2.24, 2.45) is 11.8 Å². The fourth-order valence-corrected chi connectivity index (χ4v) is 3.17. The Balaban J connectivity index is 1.74. The highest BCUT2D eigenvalue weighted by Crippen LogP contribution is 2.40. The average molecular weight is 252 g/mol. The van der Waals surface area contributed by atoms with Gasteiger partial charge in [-0.3, -0.25) is 11.3 Å². The largest absolute Gasteiger partial charge is 0.472 e. The molecule has 1 aromatic rings.